The van der Waals surface area contributed by atoms with Crippen LogP contribution in [0.5, 0.6) is 0 Å². The van der Waals surface area contributed by atoms with Crippen LogP contribution < -0.4 is 5.32 Å². The summed E-state index contributed by atoms with van der Waals surface area (Å²) in [7, 11) is 0. The molecule has 3 aromatic rings. The number of nitrogens with one attached hydrogen (secondary N) is 1. The lowest BCUT2D eigenvalue weighted by atomic mass is 9.89. The number of amides is 1. The van der Waals surface area contributed by atoms with Crippen molar-refractivity contribution < 1.29 is 18.0 Å². The van der Waals surface area contributed by atoms with Gasteiger partial charge < -0.3 is 10.2 Å². The van der Waals surface area contributed by atoms with Gasteiger partial charge in [-0.05, 0) is 62.4 Å². The molecular weight excluding hydrogens is 453 g/mol. The molecule has 0 radical (unpaired) electrons. The number of carbonyl (C=O) groups excluding carboxylic acids is 1. The first-order valence-electron chi connectivity index (χ1n) is 11.8. The van der Waals surface area contributed by atoms with Gasteiger partial charge in [0.15, 0.2) is 0 Å². The number of aromatic nitrogens is 2. The molecule has 1 N–H and O–H groups in total. The van der Waals surface area contributed by atoms with Crippen molar-refractivity contribution in [3.8, 4) is 11.1 Å². The van der Waals surface area contributed by atoms with Gasteiger partial charge >= 0.3 is 6.18 Å². The fourth-order valence-corrected chi connectivity index (χ4v) is 4.56. The summed E-state index contributed by atoms with van der Waals surface area (Å²) in [5.41, 5.74) is 3.45. The molecule has 1 aliphatic rings. The van der Waals surface area contributed by atoms with E-state index in [2.05, 4.69) is 22.2 Å². The monoisotopic (exact) mass is 482 g/mol. The van der Waals surface area contributed by atoms with Gasteiger partial charge in [-0.15, -0.1) is 0 Å². The quantitative estimate of drug-likeness (QED) is 0.475. The molecule has 0 saturated carbocycles. The number of rotatable bonds is 5. The molecule has 8 heteroatoms. The van der Waals surface area contributed by atoms with Crippen LogP contribution in [0.3, 0.4) is 0 Å². The standard InChI is InChI=1S/C27H29F3N4O/c1-17-6-10-22(20-8-7-19(3)31-14-20)23(13-17)26(35)34-12-4-5-18(2)24(34)16-33-25-11-9-21(15-32-25)27(28,29)30/h6-11,13-15,18,24H,4-5,12,16H2,1-3H3,(H,32,33)/t18-,24?/m1/s1. The Hall–Kier alpha value is -3.42. The van der Waals surface area contributed by atoms with Crippen LogP contribution in [0.15, 0.2) is 54.9 Å². The molecule has 1 aliphatic heterocycles. The molecule has 0 bridgehead atoms. The van der Waals surface area contributed by atoms with Gasteiger partial charge in [0.1, 0.15) is 5.82 Å². The highest BCUT2D eigenvalue weighted by Crippen LogP contribution is 2.31. The van der Waals surface area contributed by atoms with E-state index >= 15 is 0 Å². The lowest BCUT2D eigenvalue weighted by molar-refractivity contribution is -0.137. The van der Waals surface area contributed by atoms with E-state index in [9.17, 15) is 18.0 Å². The Balaban J connectivity index is 1.58. The number of pyridine rings is 2. The first-order valence-corrected chi connectivity index (χ1v) is 11.8. The number of alkyl halides is 3. The van der Waals surface area contributed by atoms with Crippen LogP contribution in [0.1, 0.15) is 46.9 Å². The summed E-state index contributed by atoms with van der Waals surface area (Å²) in [6.45, 7) is 7.01. The Bertz CT molecular complexity index is 1180. The summed E-state index contributed by atoms with van der Waals surface area (Å²) in [6.07, 6.45) is 0.0501. The van der Waals surface area contributed by atoms with E-state index in [1.54, 1.807) is 6.20 Å². The summed E-state index contributed by atoms with van der Waals surface area (Å²) in [6, 6.07) is 12.0. The molecule has 1 unspecified atom stereocenters. The highest BCUT2D eigenvalue weighted by molar-refractivity contribution is 6.01. The predicted octanol–water partition coefficient (Wildman–Crippen LogP) is 6.13. The van der Waals surface area contributed by atoms with E-state index in [-0.39, 0.29) is 17.9 Å². The zero-order chi connectivity index (χ0) is 25.2. The molecule has 2 atom stereocenters. The van der Waals surface area contributed by atoms with Crippen LogP contribution in [0.2, 0.25) is 0 Å². The Labute approximate surface area is 203 Å². The fourth-order valence-electron chi connectivity index (χ4n) is 4.56. The number of benzene rings is 1. The van der Waals surface area contributed by atoms with Crippen LogP contribution in [0.4, 0.5) is 19.0 Å². The van der Waals surface area contributed by atoms with E-state index in [1.165, 1.54) is 6.07 Å². The molecule has 0 spiro atoms. The summed E-state index contributed by atoms with van der Waals surface area (Å²) in [4.78, 5) is 24.1. The molecule has 2 aromatic heterocycles. The van der Waals surface area contributed by atoms with E-state index in [4.69, 9.17) is 0 Å². The number of piperidine rings is 1. The van der Waals surface area contributed by atoms with Crippen molar-refractivity contribution in [2.75, 3.05) is 18.4 Å². The first-order chi connectivity index (χ1) is 16.6. The minimum absolute atomic E-state index is 0.0528. The van der Waals surface area contributed by atoms with Crippen LogP contribution in [-0.4, -0.2) is 39.9 Å². The van der Waals surface area contributed by atoms with Gasteiger partial charge in [0, 0.05) is 42.3 Å². The summed E-state index contributed by atoms with van der Waals surface area (Å²) in [5.74, 6) is 0.525. The number of halogens is 3. The van der Waals surface area contributed by atoms with Gasteiger partial charge in [-0.1, -0.05) is 30.7 Å². The van der Waals surface area contributed by atoms with Gasteiger partial charge in [-0.2, -0.15) is 13.2 Å². The number of likely N-dealkylation sites (tertiary alicyclic amines) is 1. The van der Waals surface area contributed by atoms with Crippen molar-refractivity contribution in [3.63, 3.8) is 0 Å². The third-order valence-electron chi connectivity index (χ3n) is 6.59. The van der Waals surface area contributed by atoms with Crippen LogP contribution in [0.25, 0.3) is 11.1 Å². The molecule has 1 aromatic carbocycles. The zero-order valence-corrected chi connectivity index (χ0v) is 20.1. The minimum Gasteiger partial charge on any atom is -0.368 e. The molecule has 0 aliphatic carbocycles. The molecule has 5 nitrogen and oxygen atoms in total. The smallest absolute Gasteiger partial charge is 0.368 e. The fraction of sp³-hybridized carbons (Fsp3) is 0.370. The number of anilines is 1. The highest BCUT2D eigenvalue weighted by atomic mass is 19.4. The Kier molecular flexibility index (Phi) is 7.10. The third kappa shape index (κ3) is 5.63. The number of aryl methyl sites for hydroxylation is 2. The first kappa shape index (κ1) is 24.7. The molecule has 4 rings (SSSR count). The lowest BCUT2D eigenvalue weighted by Gasteiger charge is -2.40. The second kappa shape index (κ2) is 10.1. The average molecular weight is 483 g/mol. The van der Waals surface area contributed by atoms with Crippen molar-refractivity contribution in [1.29, 1.82) is 0 Å². The summed E-state index contributed by atoms with van der Waals surface area (Å²) < 4.78 is 38.5. The van der Waals surface area contributed by atoms with Gasteiger partial charge in [0.2, 0.25) is 0 Å². The molecule has 35 heavy (non-hydrogen) atoms. The molecule has 1 amide bonds. The molecule has 3 heterocycles. The maximum absolute atomic E-state index is 13.9. The van der Waals surface area contributed by atoms with Crippen LogP contribution in [-0.2, 0) is 6.18 Å². The number of carbonyl (C=O) groups is 1. The van der Waals surface area contributed by atoms with Crippen molar-refractivity contribution in [2.24, 2.45) is 5.92 Å². The Morgan fingerprint density at radius 1 is 1.09 bits per heavy atom. The second-order valence-electron chi connectivity index (χ2n) is 9.23. The van der Waals surface area contributed by atoms with Crippen molar-refractivity contribution in [3.05, 3.63) is 77.2 Å². The van der Waals surface area contributed by atoms with Gasteiger partial charge in [-0.25, -0.2) is 4.98 Å². The van der Waals surface area contributed by atoms with E-state index in [0.717, 1.165) is 47.5 Å². The molecule has 1 saturated heterocycles. The number of hydrogen-bond acceptors (Lipinski definition) is 4. The normalized spacial score (nSPS) is 18.4. The molecule has 1 fully saturated rings. The molecular formula is C27H29F3N4O. The molecule has 184 valence electrons. The maximum Gasteiger partial charge on any atom is 0.417 e. The van der Waals surface area contributed by atoms with Crippen LogP contribution >= 0.6 is 0 Å². The minimum atomic E-state index is -4.43. The second-order valence-corrected chi connectivity index (χ2v) is 9.23. The van der Waals surface area contributed by atoms with Gasteiger partial charge in [-0.3, -0.25) is 9.78 Å². The summed E-state index contributed by atoms with van der Waals surface area (Å²) in [5, 5.41) is 3.14. The predicted molar refractivity (Wildman–Crippen MR) is 130 cm³/mol. The maximum atomic E-state index is 13.9. The van der Waals surface area contributed by atoms with Gasteiger partial charge in [0.25, 0.3) is 5.91 Å². The van der Waals surface area contributed by atoms with E-state index in [0.29, 0.717) is 24.5 Å². The van der Waals surface area contributed by atoms with E-state index in [1.807, 2.05) is 49.1 Å². The van der Waals surface area contributed by atoms with Crippen molar-refractivity contribution in [2.45, 2.75) is 45.8 Å². The van der Waals surface area contributed by atoms with Crippen molar-refractivity contribution >= 4 is 11.7 Å². The highest BCUT2D eigenvalue weighted by Gasteiger charge is 2.34. The average Bonchev–Trinajstić information content (AvgIpc) is 2.83. The van der Waals surface area contributed by atoms with Crippen molar-refractivity contribution in [1.82, 2.24) is 14.9 Å². The summed E-state index contributed by atoms with van der Waals surface area (Å²) >= 11 is 0. The number of nitrogens with zero attached hydrogens (tertiary/aromatic N) is 3. The van der Waals surface area contributed by atoms with Crippen LogP contribution in [0, 0.1) is 19.8 Å². The Morgan fingerprint density at radius 3 is 2.54 bits per heavy atom. The van der Waals surface area contributed by atoms with E-state index < -0.39 is 11.7 Å². The lowest BCUT2D eigenvalue weighted by Crippen LogP contribution is -2.51. The topological polar surface area (TPSA) is 58.1 Å². The SMILES string of the molecule is Cc1ccc(-c2ccc(C)nc2)c(C(=O)N2CCC[C@@H](C)C2CNc2ccc(C(F)(F)F)cn2)c1. The third-order valence-corrected chi connectivity index (χ3v) is 6.59. The largest absolute Gasteiger partial charge is 0.417 e. The zero-order valence-electron chi connectivity index (χ0n) is 20.1. The Morgan fingerprint density at radius 2 is 1.89 bits per heavy atom. The number of hydrogen-bond donors (Lipinski definition) is 1. The van der Waals surface area contributed by atoms with Gasteiger partial charge in [0.05, 0.1) is 11.6 Å².